The lowest BCUT2D eigenvalue weighted by Crippen LogP contribution is -2.13. The molecule has 0 atom stereocenters. The van der Waals surface area contributed by atoms with Gasteiger partial charge < -0.3 is 15.2 Å². The highest BCUT2D eigenvalue weighted by atomic mass is 32.2. The molecule has 116 valence electrons. The van der Waals surface area contributed by atoms with Gasteiger partial charge in [0.25, 0.3) is 0 Å². The van der Waals surface area contributed by atoms with Crippen molar-refractivity contribution in [2.75, 3.05) is 32.6 Å². The third-order valence-electron chi connectivity index (χ3n) is 3.41. The molecule has 2 N–H and O–H groups in total. The highest BCUT2D eigenvalue weighted by Gasteiger charge is 2.17. The minimum atomic E-state index is -3.31. The number of rotatable bonds is 6. The summed E-state index contributed by atoms with van der Waals surface area (Å²) in [6, 6.07) is 5.16. The second-order valence-electron chi connectivity index (χ2n) is 5.53. The van der Waals surface area contributed by atoms with Gasteiger partial charge in [0.2, 0.25) is 5.95 Å². The molecule has 0 spiro atoms. The maximum absolute atomic E-state index is 11.8. The fourth-order valence-corrected chi connectivity index (χ4v) is 3.20. The molecule has 21 heavy (non-hydrogen) atoms. The number of sulfone groups is 1. The lowest BCUT2D eigenvalue weighted by Gasteiger charge is -2.10. The Kier molecular flexibility index (Phi) is 4.53. The quantitative estimate of drug-likeness (QED) is 0.815. The van der Waals surface area contributed by atoms with Gasteiger partial charge in [-0.3, -0.25) is 0 Å². The van der Waals surface area contributed by atoms with Crippen LogP contribution in [0, 0.1) is 0 Å². The zero-order valence-corrected chi connectivity index (χ0v) is 13.5. The van der Waals surface area contributed by atoms with E-state index in [4.69, 9.17) is 5.73 Å². The van der Waals surface area contributed by atoms with Gasteiger partial charge in [-0.05, 0) is 45.6 Å². The Morgan fingerprint density at radius 2 is 2.00 bits per heavy atom. The van der Waals surface area contributed by atoms with Crippen LogP contribution in [-0.4, -0.2) is 49.8 Å². The van der Waals surface area contributed by atoms with Crippen LogP contribution in [0.4, 0.5) is 5.95 Å². The van der Waals surface area contributed by atoms with Gasteiger partial charge in [-0.2, -0.15) is 0 Å². The predicted octanol–water partition coefficient (Wildman–Crippen LogP) is 1.36. The number of fused-ring (bicyclic) bond motifs is 1. The first-order valence-electron chi connectivity index (χ1n) is 6.90. The molecular formula is C14H22N4O2S. The van der Waals surface area contributed by atoms with Crippen molar-refractivity contribution in [3.63, 3.8) is 0 Å². The number of hydrogen-bond acceptors (Lipinski definition) is 5. The second kappa shape index (κ2) is 6.03. The number of nitrogen functional groups attached to an aromatic ring is 1. The molecule has 0 amide bonds. The van der Waals surface area contributed by atoms with Gasteiger partial charge in [-0.25, -0.2) is 13.4 Å². The largest absolute Gasteiger partial charge is 0.369 e. The first-order valence-corrected chi connectivity index (χ1v) is 8.79. The van der Waals surface area contributed by atoms with E-state index in [1.54, 1.807) is 12.1 Å². The lowest BCUT2D eigenvalue weighted by atomic mass is 10.2. The monoisotopic (exact) mass is 310 g/mol. The number of nitrogens with zero attached hydrogens (tertiary/aromatic N) is 3. The topological polar surface area (TPSA) is 81.2 Å². The molecule has 7 heteroatoms. The summed E-state index contributed by atoms with van der Waals surface area (Å²) < 4.78 is 25.5. The van der Waals surface area contributed by atoms with Crippen molar-refractivity contribution in [1.29, 1.82) is 0 Å². The highest BCUT2D eigenvalue weighted by molar-refractivity contribution is 7.91. The van der Waals surface area contributed by atoms with Crippen molar-refractivity contribution in [2.45, 2.75) is 24.3 Å². The molecular weight excluding hydrogens is 288 g/mol. The maximum atomic E-state index is 11.8. The van der Waals surface area contributed by atoms with Crippen molar-refractivity contribution in [3.8, 4) is 0 Å². The van der Waals surface area contributed by atoms with Crippen LogP contribution in [0.1, 0.15) is 12.8 Å². The average molecular weight is 310 g/mol. The zero-order chi connectivity index (χ0) is 15.6. The molecule has 1 heterocycles. The Hall–Kier alpha value is -1.60. The summed E-state index contributed by atoms with van der Waals surface area (Å²) in [6.45, 7) is 1.75. The van der Waals surface area contributed by atoms with Crippen LogP contribution in [0.3, 0.4) is 0 Å². The van der Waals surface area contributed by atoms with Gasteiger partial charge in [-0.1, -0.05) is 6.07 Å². The van der Waals surface area contributed by atoms with Gasteiger partial charge in [0.05, 0.1) is 10.4 Å². The molecule has 0 radical (unpaired) electrons. The Morgan fingerprint density at radius 3 is 2.62 bits per heavy atom. The van der Waals surface area contributed by atoms with Crippen molar-refractivity contribution in [1.82, 2.24) is 14.5 Å². The van der Waals surface area contributed by atoms with Crippen LogP contribution in [0.25, 0.3) is 11.0 Å². The summed E-state index contributed by atoms with van der Waals surface area (Å²) in [5.74, 6) is 0.367. The van der Waals surface area contributed by atoms with Crippen molar-refractivity contribution in [3.05, 3.63) is 18.2 Å². The molecule has 2 rings (SSSR count). The van der Waals surface area contributed by atoms with Gasteiger partial charge in [-0.15, -0.1) is 0 Å². The minimum Gasteiger partial charge on any atom is -0.369 e. The van der Waals surface area contributed by atoms with Crippen LogP contribution in [0.2, 0.25) is 0 Å². The molecule has 0 bridgehead atoms. The van der Waals surface area contributed by atoms with Gasteiger partial charge in [0.1, 0.15) is 5.52 Å². The fourth-order valence-electron chi connectivity index (χ4n) is 2.37. The van der Waals surface area contributed by atoms with Crippen molar-refractivity contribution in [2.24, 2.45) is 0 Å². The van der Waals surface area contributed by atoms with E-state index >= 15 is 0 Å². The Morgan fingerprint density at radius 1 is 1.29 bits per heavy atom. The summed E-state index contributed by atoms with van der Waals surface area (Å²) in [5.41, 5.74) is 7.20. The number of aromatic nitrogens is 2. The fraction of sp³-hybridized carbons (Fsp3) is 0.500. The van der Waals surface area contributed by atoms with E-state index in [-0.39, 0.29) is 4.90 Å². The highest BCUT2D eigenvalue weighted by Crippen LogP contribution is 2.25. The number of hydrogen-bond donors (Lipinski definition) is 1. The molecule has 0 aliphatic carbocycles. The number of unbranched alkanes of at least 4 members (excludes halogenated alkanes) is 1. The summed E-state index contributed by atoms with van der Waals surface area (Å²) >= 11 is 0. The molecule has 0 aliphatic rings. The standard InChI is InChI=1S/C14H22N4O2S/c1-17(2)9-4-5-10-18-11-7-6-8-12(21(3,19)20)13(11)16-14(18)15/h6-8H,4-5,9-10H2,1-3H3,(H2,15,16). The van der Waals surface area contributed by atoms with E-state index in [1.807, 2.05) is 24.7 Å². The summed E-state index contributed by atoms with van der Waals surface area (Å²) in [4.78, 5) is 6.62. The minimum absolute atomic E-state index is 0.235. The summed E-state index contributed by atoms with van der Waals surface area (Å²) in [7, 11) is 0.775. The molecule has 1 aromatic carbocycles. The van der Waals surface area contributed by atoms with Gasteiger partial charge in [0.15, 0.2) is 9.84 Å². The SMILES string of the molecule is CN(C)CCCCn1c(N)nc2c(S(C)(=O)=O)cccc21. The average Bonchev–Trinajstić information content (AvgIpc) is 2.69. The van der Waals surface area contributed by atoms with Gasteiger partial charge >= 0.3 is 0 Å². The first-order chi connectivity index (χ1) is 9.80. The molecule has 0 saturated heterocycles. The van der Waals surface area contributed by atoms with Crippen molar-refractivity contribution >= 4 is 26.8 Å². The number of anilines is 1. The second-order valence-corrected chi connectivity index (χ2v) is 7.51. The van der Waals surface area contributed by atoms with E-state index in [1.165, 1.54) is 6.26 Å². The molecule has 0 aliphatic heterocycles. The smallest absolute Gasteiger partial charge is 0.201 e. The summed E-state index contributed by atoms with van der Waals surface area (Å²) in [5, 5.41) is 0. The van der Waals surface area contributed by atoms with E-state index in [0.717, 1.165) is 31.4 Å². The van der Waals surface area contributed by atoms with E-state index < -0.39 is 9.84 Å². The van der Waals surface area contributed by atoms with Crippen molar-refractivity contribution < 1.29 is 8.42 Å². The third-order valence-corrected chi connectivity index (χ3v) is 4.54. The number of nitrogens with two attached hydrogens (primary N) is 1. The van der Waals surface area contributed by atoms with Crippen LogP contribution in [0.15, 0.2) is 23.1 Å². The molecule has 1 aromatic heterocycles. The first kappa shape index (κ1) is 15.8. The van der Waals surface area contributed by atoms with Crippen LogP contribution >= 0.6 is 0 Å². The maximum Gasteiger partial charge on any atom is 0.201 e. The molecule has 0 fully saturated rings. The Labute approximate surface area is 125 Å². The van der Waals surface area contributed by atoms with E-state index in [0.29, 0.717) is 11.5 Å². The number of aryl methyl sites for hydroxylation is 1. The molecule has 6 nitrogen and oxygen atoms in total. The predicted molar refractivity (Wildman–Crippen MR) is 85.0 cm³/mol. The van der Waals surface area contributed by atoms with Crippen LogP contribution in [0.5, 0.6) is 0 Å². The zero-order valence-electron chi connectivity index (χ0n) is 12.7. The number of benzene rings is 1. The van der Waals surface area contributed by atoms with Crippen LogP contribution in [-0.2, 0) is 16.4 Å². The summed E-state index contributed by atoms with van der Waals surface area (Å²) in [6.07, 6.45) is 3.21. The third kappa shape index (κ3) is 3.54. The number of para-hydroxylation sites is 1. The number of imidazole rings is 1. The van der Waals surface area contributed by atoms with Crippen LogP contribution < -0.4 is 5.73 Å². The Balaban J connectivity index is 2.31. The molecule has 0 unspecified atom stereocenters. The molecule has 2 aromatic rings. The van der Waals surface area contributed by atoms with Gasteiger partial charge in [0, 0.05) is 12.8 Å². The lowest BCUT2D eigenvalue weighted by molar-refractivity contribution is 0.388. The van der Waals surface area contributed by atoms with E-state index in [2.05, 4.69) is 9.88 Å². The normalized spacial score (nSPS) is 12.4. The Bertz CT molecular complexity index is 735. The molecule has 0 saturated carbocycles. The van der Waals surface area contributed by atoms with E-state index in [9.17, 15) is 8.42 Å².